The zero-order valence-electron chi connectivity index (χ0n) is 17.4. The summed E-state index contributed by atoms with van der Waals surface area (Å²) >= 11 is 0. The van der Waals surface area contributed by atoms with Crippen LogP contribution in [0.4, 0.5) is 0 Å². The van der Waals surface area contributed by atoms with Crippen LogP contribution in [-0.2, 0) is 17.8 Å². The quantitative estimate of drug-likeness (QED) is 0.516. The molecule has 0 aliphatic heterocycles. The molecule has 0 bridgehead atoms. The molecular formula is C24H33NO3. The van der Waals surface area contributed by atoms with Gasteiger partial charge in [0.1, 0.15) is 5.75 Å². The Morgan fingerprint density at radius 3 is 2.61 bits per heavy atom. The topological polar surface area (TPSA) is 47.6 Å². The Morgan fingerprint density at radius 1 is 1.11 bits per heavy atom. The van der Waals surface area contributed by atoms with Crippen LogP contribution in [0.5, 0.6) is 5.75 Å². The van der Waals surface area contributed by atoms with Gasteiger partial charge in [0, 0.05) is 23.8 Å². The number of benzene rings is 2. The third-order valence-electron chi connectivity index (χ3n) is 4.61. The number of hydrogen-bond acceptors (Lipinski definition) is 3. The summed E-state index contributed by atoms with van der Waals surface area (Å²) in [5, 5.41) is 3.10. The Labute approximate surface area is 169 Å². The van der Waals surface area contributed by atoms with Crippen LogP contribution in [-0.4, -0.2) is 25.2 Å². The fourth-order valence-electron chi connectivity index (χ4n) is 2.97. The lowest BCUT2D eigenvalue weighted by Crippen LogP contribution is -2.33. The Balaban J connectivity index is 1.94. The molecule has 0 aromatic heterocycles. The second-order valence-electron chi connectivity index (χ2n) is 7.06. The average Bonchev–Trinajstić information content (AvgIpc) is 2.71. The molecule has 4 nitrogen and oxygen atoms in total. The Hall–Kier alpha value is -2.33. The normalized spacial score (nSPS) is 11.8. The molecule has 0 saturated carbocycles. The van der Waals surface area contributed by atoms with Crippen molar-refractivity contribution in [3.63, 3.8) is 0 Å². The summed E-state index contributed by atoms with van der Waals surface area (Å²) in [6.07, 6.45) is 3.98. The number of rotatable bonds is 12. The molecule has 0 spiro atoms. The molecule has 1 N–H and O–H groups in total. The molecule has 0 saturated heterocycles. The number of nitrogens with one attached hydrogen (secondary N) is 1. The second kappa shape index (κ2) is 12.2. The van der Waals surface area contributed by atoms with E-state index in [1.54, 1.807) is 0 Å². The van der Waals surface area contributed by atoms with Crippen molar-refractivity contribution in [1.29, 1.82) is 0 Å². The minimum absolute atomic E-state index is 0.0570. The van der Waals surface area contributed by atoms with E-state index in [0.29, 0.717) is 18.8 Å². The summed E-state index contributed by atoms with van der Waals surface area (Å²) in [4.78, 5) is 12.7. The van der Waals surface area contributed by atoms with Crippen LogP contribution in [0.3, 0.4) is 0 Å². The highest BCUT2D eigenvalue weighted by atomic mass is 16.5. The predicted octanol–water partition coefficient (Wildman–Crippen LogP) is 5.15. The van der Waals surface area contributed by atoms with Gasteiger partial charge in [0.15, 0.2) is 0 Å². The first-order valence-electron chi connectivity index (χ1n) is 10.3. The van der Waals surface area contributed by atoms with Gasteiger partial charge < -0.3 is 14.8 Å². The number of carbonyl (C=O) groups excluding carboxylic acids is 1. The number of aryl methyl sites for hydroxylation is 1. The molecule has 28 heavy (non-hydrogen) atoms. The lowest BCUT2D eigenvalue weighted by molar-refractivity contribution is 0.0937. The summed E-state index contributed by atoms with van der Waals surface area (Å²) in [6, 6.07) is 16.0. The number of ether oxygens (including phenoxy) is 2. The molecule has 0 aliphatic rings. The summed E-state index contributed by atoms with van der Waals surface area (Å²) < 4.78 is 11.4. The third kappa shape index (κ3) is 7.35. The number of hydrogen-bond donors (Lipinski definition) is 1. The van der Waals surface area contributed by atoms with E-state index in [1.165, 1.54) is 5.56 Å². The standard InChI is InChI=1S/C24H33NO3/c1-4-6-16-27-18-22-17-21(14-15-23(22)28-5-2)24(26)25-19(3)12-13-20-10-8-7-9-11-20/h7-11,14-15,17,19H,4-6,12-13,16,18H2,1-3H3,(H,25,26)/t19-/m0/s1. The van der Waals surface area contributed by atoms with Crippen LogP contribution in [0.25, 0.3) is 0 Å². The van der Waals surface area contributed by atoms with E-state index >= 15 is 0 Å². The van der Waals surface area contributed by atoms with Crippen molar-refractivity contribution in [2.45, 2.75) is 59.1 Å². The highest BCUT2D eigenvalue weighted by molar-refractivity contribution is 5.94. The van der Waals surface area contributed by atoms with Crippen LogP contribution in [0, 0.1) is 0 Å². The Kier molecular flexibility index (Phi) is 9.56. The van der Waals surface area contributed by atoms with Crippen LogP contribution in [0.1, 0.15) is 61.5 Å². The maximum absolute atomic E-state index is 12.7. The van der Waals surface area contributed by atoms with Gasteiger partial charge in [-0.2, -0.15) is 0 Å². The van der Waals surface area contributed by atoms with Crippen molar-refractivity contribution >= 4 is 5.91 Å². The first-order chi connectivity index (χ1) is 13.6. The van der Waals surface area contributed by atoms with Gasteiger partial charge in [-0.25, -0.2) is 0 Å². The van der Waals surface area contributed by atoms with E-state index in [4.69, 9.17) is 9.47 Å². The minimum Gasteiger partial charge on any atom is -0.494 e. The van der Waals surface area contributed by atoms with Crippen LogP contribution in [0.15, 0.2) is 48.5 Å². The first kappa shape index (κ1) is 22.0. The molecule has 2 aromatic rings. The lowest BCUT2D eigenvalue weighted by atomic mass is 10.1. The van der Waals surface area contributed by atoms with Gasteiger partial charge in [-0.1, -0.05) is 43.7 Å². The Morgan fingerprint density at radius 2 is 1.89 bits per heavy atom. The molecule has 4 heteroatoms. The molecule has 0 radical (unpaired) electrons. The van der Waals surface area contributed by atoms with Gasteiger partial charge in [0.05, 0.1) is 13.2 Å². The van der Waals surface area contributed by atoms with Gasteiger partial charge >= 0.3 is 0 Å². The molecule has 0 fully saturated rings. The van der Waals surface area contributed by atoms with Crippen LogP contribution >= 0.6 is 0 Å². The zero-order valence-corrected chi connectivity index (χ0v) is 17.4. The van der Waals surface area contributed by atoms with Crippen LogP contribution < -0.4 is 10.1 Å². The van der Waals surface area contributed by atoms with Crippen molar-refractivity contribution < 1.29 is 14.3 Å². The van der Waals surface area contributed by atoms with Gasteiger partial charge in [-0.15, -0.1) is 0 Å². The van der Waals surface area contributed by atoms with Crippen molar-refractivity contribution in [2.24, 2.45) is 0 Å². The van der Waals surface area contributed by atoms with E-state index in [-0.39, 0.29) is 11.9 Å². The fourth-order valence-corrected chi connectivity index (χ4v) is 2.97. The largest absolute Gasteiger partial charge is 0.494 e. The van der Waals surface area contributed by atoms with Crippen molar-refractivity contribution in [2.75, 3.05) is 13.2 Å². The molecule has 2 aromatic carbocycles. The molecular weight excluding hydrogens is 350 g/mol. The number of carbonyl (C=O) groups is 1. The van der Waals surface area contributed by atoms with Crippen molar-refractivity contribution in [1.82, 2.24) is 5.32 Å². The smallest absolute Gasteiger partial charge is 0.251 e. The van der Waals surface area contributed by atoms with E-state index < -0.39 is 0 Å². The van der Waals surface area contributed by atoms with Gasteiger partial charge in [0.25, 0.3) is 5.91 Å². The zero-order chi connectivity index (χ0) is 20.2. The second-order valence-corrected chi connectivity index (χ2v) is 7.06. The third-order valence-corrected chi connectivity index (χ3v) is 4.61. The fraction of sp³-hybridized carbons (Fsp3) is 0.458. The summed E-state index contributed by atoms with van der Waals surface area (Å²) in [5.74, 6) is 0.728. The maximum atomic E-state index is 12.7. The Bertz CT molecular complexity index is 715. The highest BCUT2D eigenvalue weighted by Crippen LogP contribution is 2.22. The van der Waals surface area contributed by atoms with E-state index in [9.17, 15) is 4.79 Å². The molecule has 152 valence electrons. The summed E-state index contributed by atoms with van der Waals surface area (Å²) in [7, 11) is 0. The van der Waals surface area contributed by atoms with Crippen LogP contribution in [0.2, 0.25) is 0 Å². The molecule has 1 atom stereocenters. The monoisotopic (exact) mass is 383 g/mol. The lowest BCUT2D eigenvalue weighted by Gasteiger charge is -2.16. The van der Waals surface area contributed by atoms with Gasteiger partial charge in [0.2, 0.25) is 0 Å². The number of unbranched alkanes of at least 4 members (excludes halogenated alkanes) is 1. The minimum atomic E-state index is -0.0570. The molecule has 0 heterocycles. The maximum Gasteiger partial charge on any atom is 0.251 e. The molecule has 2 rings (SSSR count). The summed E-state index contributed by atoms with van der Waals surface area (Å²) in [6.45, 7) is 7.90. The number of amides is 1. The predicted molar refractivity (Wildman–Crippen MR) is 114 cm³/mol. The van der Waals surface area contributed by atoms with Crippen molar-refractivity contribution in [3.05, 3.63) is 65.2 Å². The van der Waals surface area contributed by atoms with Gasteiger partial charge in [-0.3, -0.25) is 4.79 Å². The van der Waals surface area contributed by atoms with Gasteiger partial charge in [-0.05, 0) is 56.9 Å². The van der Waals surface area contributed by atoms with E-state index in [1.807, 2.05) is 50.2 Å². The average molecular weight is 384 g/mol. The van der Waals surface area contributed by atoms with E-state index in [0.717, 1.165) is 43.6 Å². The van der Waals surface area contributed by atoms with Crippen molar-refractivity contribution in [3.8, 4) is 5.75 Å². The molecule has 1 amide bonds. The first-order valence-corrected chi connectivity index (χ1v) is 10.3. The molecule has 0 aliphatic carbocycles. The highest BCUT2D eigenvalue weighted by Gasteiger charge is 2.13. The molecule has 0 unspecified atom stereocenters. The SMILES string of the molecule is CCCCOCc1cc(C(=O)N[C@@H](C)CCc2ccccc2)ccc1OCC. The van der Waals surface area contributed by atoms with E-state index in [2.05, 4.69) is 24.4 Å². The summed E-state index contributed by atoms with van der Waals surface area (Å²) in [5.41, 5.74) is 2.85.